The molecule has 0 radical (unpaired) electrons. The molecule has 0 unspecified atom stereocenters. The van der Waals surface area contributed by atoms with Gasteiger partial charge in [0, 0.05) is 18.5 Å². The number of hydrogen-bond donors (Lipinski definition) is 1. The minimum Gasteiger partial charge on any atom is -0.481 e. The molecule has 1 fully saturated rings. The molecule has 164 valence electrons. The van der Waals surface area contributed by atoms with Crippen molar-refractivity contribution < 1.29 is 14.3 Å². The van der Waals surface area contributed by atoms with Crippen LogP contribution in [0.15, 0.2) is 42.5 Å². The minimum atomic E-state index is -0.592. The number of nitrogens with zero attached hydrogens (tertiary/aromatic N) is 1. The summed E-state index contributed by atoms with van der Waals surface area (Å²) in [7, 11) is 0. The van der Waals surface area contributed by atoms with Crippen LogP contribution >= 0.6 is 0 Å². The van der Waals surface area contributed by atoms with Gasteiger partial charge in [-0.1, -0.05) is 35.9 Å². The Morgan fingerprint density at radius 1 is 1.06 bits per heavy atom. The van der Waals surface area contributed by atoms with Gasteiger partial charge in [-0.3, -0.25) is 9.59 Å². The van der Waals surface area contributed by atoms with Crippen molar-refractivity contribution in [1.29, 1.82) is 0 Å². The number of aryl methyl sites for hydroxylation is 1. The zero-order valence-corrected chi connectivity index (χ0v) is 18.9. The third-order valence-electron chi connectivity index (χ3n) is 6.06. The number of carbonyl (C=O) groups is 2. The number of amides is 2. The van der Waals surface area contributed by atoms with Gasteiger partial charge in [-0.2, -0.15) is 0 Å². The first kappa shape index (κ1) is 21.4. The number of benzene rings is 2. The summed E-state index contributed by atoms with van der Waals surface area (Å²) < 4.78 is 5.99. The third kappa shape index (κ3) is 4.76. The van der Waals surface area contributed by atoms with Crippen molar-refractivity contribution in [3.8, 4) is 5.75 Å². The Balaban J connectivity index is 1.66. The Labute approximate surface area is 184 Å². The second-order valence-electron chi connectivity index (χ2n) is 9.15. The summed E-state index contributed by atoms with van der Waals surface area (Å²) in [5, 5.41) is 2.89. The maximum atomic E-state index is 13.1. The molecule has 2 aliphatic rings. The number of ether oxygens (including phenoxy) is 1. The Hall–Kier alpha value is -2.82. The largest absolute Gasteiger partial charge is 0.481 e. The molecular formula is C26H32N2O3. The zero-order valence-electron chi connectivity index (χ0n) is 18.9. The maximum absolute atomic E-state index is 13.1. The first-order valence-corrected chi connectivity index (χ1v) is 11.3. The molecular weight excluding hydrogens is 388 g/mol. The zero-order chi connectivity index (χ0) is 22.1. The highest BCUT2D eigenvalue weighted by Crippen LogP contribution is 2.41. The molecule has 2 aromatic carbocycles. The monoisotopic (exact) mass is 420 g/mol. The van der Waals surface area contributed by atoms with Gasteiger partial charge in [0.05, 0.1) is 6.04 Å². The summed E-state index contributed by atoms with van der Waals surface area (Å²) in [5.74, 6) is 0.956. The van der Waals surface area contributed by atoms with Crippen LogP contribution in [0.3, 0.4) is 0 Å². The summed E-state index contributed by atoms with van der Waals surface area (Å²) >= 11 is 0. The highest BCUT2D eigenvalue weighted by atomic mass is 16.5. The van der Waals surface area contributed by atoms with E-state index in [1.807, 2.05) is 30.9 Å². The SMILES string of the molecule is Cc1ccc([C@@H]2c3cc(O[C@H](C)C(=O)NC(C)C)ccc3CCN2C(=O)C2CC2)cc1. The average Bonchev–Trinajstić information content (AvgIpc) is 3.58. The Kier molecular flexibility index (Phi) is 6.03. The molecule has 1 N–H and O–H groups in total. The van der Waals surface area contributed by atoms with E-state index in [9.17, 15) is 9.59 Å². The molecule has 1 saturated carbocycles. The summed E-state index contributed by atoms with van der Waals surface area (Å²) in [5.41, 5.74) is 4.64. The van der Waals surface area contributed by atoms with Gasteiger partial charge in [-0.15, -0.1) is 0 Å². The molecule has 0 spiro atoms. The van der Waals surface area contributed by atoms with Gasteiger partial charge in [-0.05, 0) is 75.8 Å². The van der Waals surface area contributed by atoms with Crippen LogP contribution in [-0.2, 0) is 16.0 Å². The van der Waals surface area contributed by atoms with Gasteiger partial charge >= 0.3 is 0 Å². The molecule has 5 heteroatoms. The molecule has 1 heterocycles. The fourth-order valence-corrected chi connectivity index (χ4v) is 4.24. The molecule has 0 bridgehead atoms. The number of hydrogen-bond acceptors (Lipinski definition) is 3. The van der Waals surface area contributed by atoms with Crippen molar-refractivity contribution in [2.75, 3.05) is 6.54 Å². The van der Waals surface area contributed by atoms with Gasteiger partial charge in [0.15, 0.2) is 6.10 Å². The van der Waals surface area contributed by atoms with Crippen LogP contribution in [0.2, 0.25) is 0 Å². The first-order chi connectivity index (χ1) is 14.8. The predicted molar refractivity (Wildman–Crippen MR) is 121 cm³/mol. The predicted octanol–water partition coefficient (Wildman–Crippen LogP) is 4.17. The van der Waals surface area contributed by atoms with Crippen LogP contribution in [-0.4, -0.2) is 35.4 Å². The lowest BCUT2D eigenvalue weighted by Crippen LogP contribution is -2.41. The van der Waals surface area contributed by atoms with E-state index < -0.39 is 6.10 Å². The Bertz CT molecular complexity index is 963. The second kappa shape index (κ2) is 8.74. The Morgan fingerprint density at radius 3 is 2.42 bits per heavy atom. The lowest BCUT2D eigenvalue weighted by Gasteiger charge is -2.38. The van der Waals surface area contributed by atoms with E-state index in [-0.39, 0.29) is 29.8 Å². The smallest absolute Gasteiger partial charge is 0.260 e. The molecule has 2 amide bonds. The fourth-order valence-electron chi connectivity index (χ4n) is 4.24. The molecule has 2 atom stereocenters. The second-order valence-corrected chi connectivity index (χ2v) is 9.15. The molecule has 0 aromatic heterocycles. The van der Waals surface area contributed by atoms with Crippen molar-refractivity contribution in [3.63, 3.8) is 0 Å². The first-order valence-electron chi connectivity index (χ1n) is 11.3. The topological polar surface area (TPSA) is 58.6 Å². The quantitative estimate of drug-likeness (QED) is 0.763. The number of nitrogens with one attached hydrogen (secondary N) is 1. The van der Waals surface area contributed by atoms with Gasteiger partial charge < -0.3 is 15.0 Å². The fraction of sp³-hybridized carbons (Fsp3) is 0.462. The van der Waals surface area contributed by atoms with E-state index >= 15 is 0 Å². The molecule has 1 aliphatic heterocycles. The number of rotatable bonds is 6. The van der Waals surface area contributed by atoms with Crippen molar-refractivity contribution >= 4 is 11.8 Å². The molecule has 0 saturated heterocycles. The van der Waals surface area contributed by atoms with E-state index in [0.717, 1.165) is 36.9 Å². The maximum Gasteiger partial charge on any atom is 0.260 e. The van der Waals surface area contributed by atoms with E-state index in [1.165, 1.54) is 11.1 Å². The van der Waals surface area contributed by atoms with E-state index in [2.05, 4.69) is 42.6 Å². The summed E-state index contributed by atoms with van der Waals surface area (Å²) in [6.45, 7) is 8.43. The molecule has 1 aliphatic carbocycles. The van der Waals surface area contributed by atoms with Crippen LogP contribution < -0.4 is 10.1 Å². The van der Waals surface area contributed by atoms with Crippen LogP contribution in [0.4, 0.5) is 0 Å². The van der Waals surface area contributed by atoms with Gasteiger partial charge in [-0.25, -0.2) is 0 Å². The number of fused-ring (bicyclic) bond motifs is 1. The third-order valence-corrected chi connectivity index (χ3v) is 6.06. The molecule has 5 nitrogen and oxygen atoms in total. The summed E-state index contributed by atoms with van der Waals surface area (Å²) in [4.78, 5) is 27.5. The minimum absolute atomic E-state index is 0.0648. The van der Waals surface area contributed by atoms with E-state index in [0.29, 0.717) is 5.75 Å². The van der Waals surface area contributed by atoms with Gasteiger partial charge in [0.1, 0.15) is 5.75 Å². The summed E-state index contributed by atoms with van der Waals surface area (Å²) in [6, 6.07) is 14.4. The Morgan fingerprint density at radius 2 is 1.77 bits per heavy atom. The highest BCUT2D eigenvalue weighted by Gasteiger charge is 2.39. The van der Waals surface area contributed by atoms with Gasteiger partial charge in [0.25, 0.3) is 5.91 Å². The van der Waals surface area contributed by atoms with Gasteiger partial charge in [0.2, 0.25) is 5.91 Å². The number of carbonyl (C=O) groups excluding carboxylic acids is 2. The highest BCUT2D eigenvalue weighted by molar-refractivity contribution is 5.82. The molecule has 31 heavy (non-hydrogen) atoms. The van der Waals surface area contributed by atoms with Crippen molar-refractivity contribution in [1.82, 2.24) is 10.2 Å². The van der Waals surface area contributed by atoms with Crippen molar-refractivity contribution in [2.45, 2.75) is 65.1 Å². The average molecular weight is 421 g/mol. The molecule has 2 aromatic rings. The van der Waals surface area contributed by atoms with Crippen LogP contribution in [0, 0.1) is 12.8 Å². The summed E-state index contributed by atoms with van der Waals surface area (Å²) in [6.07, 6.45) is 2.23. The molecule has 4 rings (SSSR count). The lowest BCUT2D eigenvalue weighted by atomic mass is 9.87. The standard InChI is InChI=1S/C26H32N2O3/c1-16(2)27-25(29)18(4)31-22-12-11-19-13-14-28(26(30)21-9-10-21)24(23(19)15-22)20-7-5-17(3)6-8-20/h5-8,11-12,15-16,18,21,24H,9-10,13-14H2,1-4H3,(H,27,29)/t18-,24-/m1/s1. The van der Waals surface area contributed by atoms with Crippen LogP contribution in [0.5, 0.6) is 5.75 Å². The van der Waals surface area contributed by atoms with Crippen LogP contribution in [0.1, 0.15) is 61.9 Å². The van der Waals surface area contributed by atoms with E-state index in [1.54, 1.807) is 6.92 Å². The van der Waals surface area contributed by atoms with Crippen LogP contribution in [0.25, 0.3) is 0 Å². The van der Waals surface area contributed by atoms with E-state index in [4.69, 9.17) is 4.74 Å². The lowest BCUT2D eigenvalue weighted by molar-refractivity contribution is -0.134. The van der Waals surface area contributed by atoms with Crippen molar-refractivity contribution in [2.24, 2.45) is 5.92 Å². The normalized spacial score (nSPS) is 19.0. The van der Waals surface area contributed by atoms with Crippen molar-refractivity contribution in [3.05, 3.63) is 64.7 Å².